The number of thioether (sulfide) groups is 1. The van der Waals surface area contributed by atoms with Crippen LogP contribution < -0.4 is 15.4 Å². The molecule has 2 N–H and O–H groups in total. The van der Waals surface area contributed by atoms with Crippen molar-refractivity contribution in [3.63, 3.8) is 0 Å². The maximum atomic E-state index is 12.6. The quantitative estimate of drug-likeness (QED) is 0.268. The Morgan fingerprint density at radius 1 is 1.14 bits per heavy atom. The van der Waals surface area contributed by atoms with Crippen molar-refractivity contribution in [2.24, 2.45) is 0 Å². The fourth-order valence-corrected chi connectivity index (χ4v) is 4.55. The van der Waals surface area contributed by atoms with E-state index in [1.807, 2.05) is 35.8 Å². The lowest BCUT2D eigenvalue weighted by atomic mass is 10.1. The van der Waals surface area contributed by atoms with Gasteiger partial charge in [0, 0.05) is 22.3 Å². The number of methoxy groups -OCH3 is 1. The van der Waals surface area contributed by atoms with Crippen molar-refractivity contribution in [1.29, 1.82) is 0 Å². The number of halogens is 2. The summed E-state index contributed by atoms with van der Waals surface area (Å²) in [6.07, 6.45) is 1.93. The molecule has 3 aromatic rings. The number of aromatic nitrogens is 3. The molecular formula is C24H25Cl2N5O3S. The van der Waals surface area contributed by atoms with Gasteiger partial charge in [0.15, 0.2) is 11.0 Å². The molecule has 184 valence electrons. The zero-order valence-electron chi connectivity index (χ0n) is 19.3. The molecule has 2 amide bonds. The monoisotopic (exact) mass is 533 g/mol. The lowest BCUT2D eigenvalue weighted by Crippen LogP contribution is -2.30. The molecule has 11 heteroatoms. The summed E-state index contributed by atoms with van der Waals surface area (Å²) in [7, 11) is 1.59. The number of rotatable bonds is 11. The fourth-order valence-electron chi connectivity index (χ4n) is 3.27. The van der Waals surface area contributed by atoms with Gasteiger partial charge in [-0.05, 0) is 42.8 Å². The Morgan fingerprint density at radius 3 is 2.46 bits per heavy atom. The third kappa shape index (κ3) is 7.74. The minimum Gasteiger partial charge on any atom is -0.497 e. The van der Waals surface area contributed by atoms with Gasteiger partial charge in [-0.15, -0.1) is 16.8 Å². The van der Waals surface area contributed by atoms with Gasteiger partial charge in [0.05, 0.1) is 25.3 Å². The standard InChI is InChI=1S/C24H25Cl2N5O3S/c1-4-9-31-23(15(2)27-21(32)10-16-5-7-20(34-3)8-6-16)29-30-24(31)35-14-22(33)28-19-12-17(25)11-18(26)13-19/h4-8,11-13,15H,1,9-10,14H2,2-3H3,(H,27,32)(H,28,33)/t15-/m0/s1. The van der Waals surface area contributed by atoms with Gasteiger partial charge in [-0.1, -0.05) is 53.2 Å². The molecule has 0 saturated heterocycles. The number of amides is 2. The molecule has 0 bridgehead atoms. The van der Waals surface area contributed by atoms with E-state index in [9.17, 15) is 9.59 Å². The Hall–Kier alpha value is -3.01. The topological polar surface area (TPSA) is 98.1 Å². The summed E-state index contributed by atoms with van der Waals surface area (Å²) in [4.78, 5) is 25.0. The zero-order valence-corrected chi connectivity index (χ0v) is 21.6. The number of nitrogens with zero attached hydrogens (tertiary/aromatic N) is 3. The van der Waals surface area contributed by atoms with E-state index in [4.69, 9.17) is 27.9 Å². The van der Waals surface area contributed by atoms with Crippen molar-refractivity contribution in [1.82, 2.24) is 20.1 Å². The summed E-state index contributed by atoms with van der Waals surface area (Å²) in [6, 6.07) is 11.7. The summed E-state index contributed by atoms with van der Waals surface area (Å²) in [6.45, 7) is 6.05. The Balaban J connectivity index is 1.61. The van der Waals surface area contributed by atoms with Crippen molar-refractivity contribution in [2.45, 2.75) is 31.1 Å². The second-order valence-electron chi connectivity index (χ2n) is 7.55. The van der Waals surface area contributed by atoms with E-state index in [1.54, 1.807) is 31.4 Å². The average Bonchev–Trinajstić information content (AvgIpc) is 3.20. The molecule has 3 rings (SSSR count). The summed E-state index contributed by atoms with van der Waals surface area (Å²) in [5.74, 6) is 0.999. The minimum absolute atomic E-state index is 0.0949. The minimum atomic E-state index is -0.398. The van der Waals surface area contributed by atoms with Crippen LogP contribution in [0.2, 0.25) is 10.0 Å². The van der Waals surface area contributed by atoms with Crippen LogP contribution in [0.5, 0.6) is 5.75 Å². The van der Waals surface area contributed by atoms with Gasteiger partial charge in [0.2, 0.25) is 11.8 Å². The van der Waals surface area contributed by atoms with Crippen LogP contribution in [0.3, 0.4) is 0 Å². The highest BCUT2D eigenvalue weighted by molar-refractivity contribution is 7.99. The maximum Gasteiger partial charge on any atom is 0.234 e. The Morgan fingerprint density at radius 2 is 1.83 bits per heavy atom. The Labute approximate surface area is 218 Å². The molecule has 0 aliphatic heterocycles. The molecule has 0 saturated carbocycles. The van der Waals surface area contributed by atoms with Crippen molar-refractivity contribution < 1.29 is 14.3 Å². The average molecular weight is 534 g/mol. The summed E-state index contributed by atoms with van der Waals surface area (Å²) in [5, 5.41) is 15.6. The van der Waals surface area contributed by atoms with Gasteiger partial charge in [-0.3, -0.25) is 9.59 Å². The Bertz CT molecular complexity index is 1180. The van der Waals surface area contributed by atoms with Crippen LogP contribution in [-0.2, 0) is 22.6 Å². The highest BCUT2D eigenvalue weighted by Gasteiger charge is 2.20. The number of nitrogens with one attached hydrogen (secondary N) is 2. The summed E-state index contributed by atoms with van der Waals surface area (Å²) >= 11 is 13.2. The van der Waals surface area contributed by atoms with E-state index in [0.29, 0.717) is 33.3 Å². The first-order valence-corrected chi connectivity index (χ1v) is 12.4. The number of allylic oxidation sites excluding steroid dienone is 1. The molecule has 0 fully saturated rings. The van der Waals surface area contributed by atoms with E-state index < -0.39 is 6.04 Å². The molecule has 0 aliphatic carbocycles. The van der Waals surface area contributed by atoms with Crippen LogP contribution in [0.15, 0.2) is 60.3 Å². The van der Waals surface area contributed by atoms with Crippen LogP contribution in [0.4, 0.5) is 5.69 Å². The van der Waals surface area contributed by atoms with Crippen LogP contribution in [0, 0.1) is 0 Å². The third-order valence-corrected chi connectivity index (χ3v) is 6.23. The second-order valence-corrected chi connectivity index (χ2v) is 9.36. The van der Waals surface area contributed by atoms with Crippen molar-refractivity contribution in [3.8, 4) is 5.75 Å². The molecule has 2 aromatic carbocycles. The fraction of sp³-hybridized carbons (Fsp3) is 0.250. The zero-order chi connectivity index (χ0) is 25.4. The van der Waals surface area contributed by atoms with Crippen LogP contribution in [0.25, 0.3) is 0 Å². The smallest absolute Gasteiger partial charge is 0.234 e. The summed E-state index contributed by atoms with van der Waals surface area (Å²) < 4.78 is 6.96. The first-order valence-electron chi connectivity index (χ1n) is 10.6. The van der Waals surface area contributed by atoms with E-state index in [2.05, 4.69) is 27.4 Å². The normalized spacial score (nSPS) is 11.5. The molecular weight excluding hydrogens is 509 g/mol. The third-order valence-electron chi connectivity index (χ3n) is 4.82. The number of anilines is 1. The van der Waals surface area contributed by atoms with Crippen LogP contribution >= 0.6 is 35.0 Å². The van der Waals surface area contributed by atoms with Crippen LogP contribution in [-0.4, -0.2) is 39.4 Å². The number of carbonyl (C=O) groups excluding carboxylic acids is 2. The number of ether oxygens (including phenoxy) is 1. The van der Waals surface area contributed by atoms with Crippen molar-refractivity contribution in [2.75, 3.05) is 18.2 Å². The Kier molecular flexibility index (Phi) is 9.59. The number of carbonyl (C=O) groups is 2. The van der Waals surface area contributed by atoms with E-state index in [0.717, 1.165) is 11.3 Å². The number of benzene rings is 2. The van der Waals surface area contributed by atoms with Gasteiger partial charge < -0.3 is 19.9 Å². The van der Waals surface area contributed by atoms with Gasteiger partial charge in [-0.2, -0.15) is 0 Å². The molecule has 35 heavy (non-hydrogen) atoms. The highest BCUT2D eigenvalue weighted by atomic mass is 35.5. The van der Waals surface area contributed by atoms with Gasteiger partial charge in [0.25, 0.3) is 0 Å². The largest absolute Gasteiger partial charge is 0.497 e. The van der Waals surface area contributed by atoms with E-state index in [-0.39, 0.29) is 24.0 Å². The number of hydrogen-bond acceptors (Lipinski definition) is 6. The molecule has 0 unspecified atom stereocenters. The lowest BCUT2D eigenvalue weighted by molar-refractivity contribution is -0.121. The molecule has 0 radical (unpaired) electrons. The maximum absolute atomic E-state index is 12.6. The molecule has 1 atom stereocenters. The first-order chi connectivity index (χ1) is 16.8. The molecule has 8 nitrogen and oxygen atoms in total. The summed E-state index contributed by atoms with van der Waals surface area (Å²) in [5.41, 5.74) is 1.38. The van der Waals surface area contributed by atoms with Crippen LogP contribution in [0.1, 0.15) is 24.4 Å². The highest BCUT2D eigenvalue weighted by Crippen LogP contribution is 2.24. The number of hydrogen-bond donors (Lipinski definition) is 2. The van der Waals surface area contributed by atoms with Gasteiger partial charge in [-0.25, -0.2) is 0 Å². The molecule has 1 aromatic heterocycles. The molecule has 0 spiro atoms. The predicted molar refractivity (Wildman–Crippen MR) is 139 cm³/mol. The second kappa shape index (κ2) is 12.6. The van der Waals surface area contributed by atoms with Crippen molar-refractivity contribution in [3.05, 3.63) is 76.6 Å². The van der Waals surface area contributed by atoms with Gasteiger partial charge >= 0.3 is 0 Å². The lowest BCUT2D eigenvalue weighted by Gasteiger charge is -2.15. The molecule has 0 aliphatic rings. The van der Waals surface area contributed by atoms with Crippen molar-refractivity contribution >= 4 is 52.5 Å². The first kappa shape index (κ1) is 26.6. The van der Waals surface area contributed by atoms with E-state index in [1.165, 1.54) is 11.8 Å². The van der Waals surface area contributed by atoms with E-state index >= 15 is 0 Å². The SMILES string of the molecule is C=CCn1c(SCC(=O)Nc2cc(Cl)cc(Cl)c2)nnc1[C@H](C)NC(=O)Cc1ccc(OC)cc1. The van der Waals surface area contributed by atoms with Gasteiger partial charge in [0.1, 0.15) is 5.75 Å². The predicted octanol–water partition coefficient (Wildman–Crippen LogP) is 4.93. The molecule has 1 heterocycles.